The zero-order chi connectivity index (χ0) is 13.8. The molecule has 0 bridgehead atoms. The highest BCUT2D eigenvalue weighted by atomic mass is 16.6. The summed E-state index contributed by atoms with van der Waals surface area (Å²) in [4.78, 5) is 15.0. The van der Waals surface area contributed by atoms with Crippen LogP contribution in [0.3, 0.4) is 0 Å². The molecule has 6 nitrogen and oxygen atoms in total. The van der Waals surface area contributed by atoms with E-state index in [-0.39, 0.29) is 16.7 Å². The van der Waals surface area contributed by atoms with Gasteiger partial charge in [0.05, 0.1) is 16.7 Å². The molecule has 0 aliphatic carbocycles. The molecule has 1 N–H and O–H groups in total. The van der Waals surface area contributed by atoms with Gasteiger partial charge in [0.25, 0.3) is 5.69 Å². The first-order valence-corrected chi connectivity index (χ1v) is 6.51. The topological polar surface area (TPSA) is 77.3 Å². The number of nitrogens with zero attached hydrogens (tertiary/aromatic N) is 2. The molecule has 1 aromatic rings. The van der Waals surface area contributed by atoms with Crippen LogP contribution >= 0.6 is 0 Å². The van der Waals surface area contributed by atoms with Crippen LogP contribution in [0.25, 0.3) is 0 Å². The highest BCUT2D eigenvalue weighted by Gasteiger charge is 2.19. The van der Waals surface area contributed by atoms with E-state index >= 15 is 0 Å². The van der Waals surface area contributed by atoms with Crippen LogP contribution in [0.1, 0.15) is 29.7 Å². The van der Waals surface area contributed by atoms with Crippen molar-refractivity contribution in [3.05, 3.63) is 33.1 Å². The first-order valence-electron chi connectivity index (χ1n) is 6.51. The fourth-order valence-corrected chi connectivity index (χ4v) is 2.38. The van der Waals surface area contributed by atoms with Crippen LogP contribution in [-0.2, 0) is 11.3 Å². The molecule has 1 fully saturated rings. The first kappa shape index (κ1) is 13.9. The van der Waals surface area contributed by atoms with Crippen LogP contribution in [-0.4, -0.2) is 29.2 Å². The third-order valence-electron chi connectivity index (χ3n) is 3.45. The molecule has 19 heavy (non-hydrogen) atoms. The molecule has 2 rings (SSSR count). The van der Waals surface area contributed by atoms with Crippen molar-refractivity contribution in [3.8, 4) is 0 Å². The van der Waals surface area contributed by atoms with E-state index in [0.717, 1.165) is 31.7 Å². The van der Waals surface area contributed by atoms with Crippen LogP contribution in [0.15, 0.2) is 6.20 Å². The summed E-state index contributed by atoms with van der Waals surface area (Å²) in [7, 11) is 0. The monoisotopic (exact) mass is 265 g/mol. The minimum atomic E-state index is -0.337. The van der Waals surface area contributed by atoms with Gasteiger partial charge >= 0.3 is 0 Å². The molecule has 0 spiro atoms. The SMILES string of the molecule is Cc1cnc(CNCC2CCCO2)c(C)c1[N+](=O)[O-]. The highest BCUT2D eigenvalue weighted by Crippen LogP contribution is 2.23. The Morgan fingerprint density at radius 3 is 3.00 bits per heavy atom. The lowest BCUT2D eigenvalue weighted by molar-refractivity contribution is -0.386. The summed E-state index contributed by atoms with van der Waals surface area (Å²) in [6, 6.07) is 0. The summed E-state index contributed by atoms with van der Waals surface area (Å²) >= 11 is 0. The number of nitrogens with one attached hydrogen (secondary N) is 1. The Morgan fingerprint density at radius 2 is 2.37 bits per heavy atom. The molecule has 1 aliphatic rings. The Morgan fingerprint density at radius 1 is 1.58 bits per heavy atom. The normalized spacial score (nSPS) is 18.7. The lowest BCUT2D eigenvalue weighted by Crippen LogP contribution is -2.26. The Bertz CT molecular complexity index is 470. The van der Waals surface area contributed by atoms with Crippen LogP contribution in [0.2, 0.25) is 0 Å². The van der Waals surface area contributed by atoms with Crippen molar-refractivity contribution in [1.82, 2.24) is 10.3 Å². The average Bonchev–Trinajstić information content (AvgIpc) is 2.85. The van der Waals surface area contributed by atoms with Gasteiger partial charge in [-0.1, -0.05) is 0 Å². The van der Waals surface area contributed by atoms with Crippen molar-refractivity contribution < 1.29 is 9.66 Å². The Labute approximate surface area is 112 Å². The fourth-order valence-electron chi connectivity index (χ4n) is 2.38. The average molecular weight is 265 g/mol. The molecule has 1 saturated heterocycles. The maximum atomic E-state index is 11.0. The van der Waals surface area contributed by atoms with E-state index in [1.165, 1.54) is 0 Å². The Kier molecular flexibility index (Phi) is 4.44. The van der Waals surface area contributed by atoms with E-state index in [1.54, 1.807) is 20.0 Å². The third-order valence-corrected chi connectivity index (χ3v) is 3.45. The fraction of sp³-hybridized carbons (Fsp3) is 0.615. The zero-order valence-electron chi connectivity index (χ0n) is 11.3. The minimum absolute atomic E-state index is 0.170. The van der Waals surface area contributed by atoms with Gasteiger partial charge in [-0.15, -0.1) is 0 Å². The number of pyridine rings is 1. The van der Waals surface area contributed by atoms with Gasteiger partial charge in [-0.2, -0.15) is 0 Å². The first-order chi connectivity index (χ1) is 9.09. The highest BCUT2D eigenvalue weighted by molar-refractivity contribution is 5.47. The van der Waals surface area contributed by atoms with Crippen LogP contribution in [0.4, 0.5) is 5.69 Å². The molecular weight excluding hydrogens is 246 g/mol. The molecule has 0 amide bonds. The van der Waals surface area contributed by atoms with Crippen molar-refractivity contribution >= 4 is 5.69 Å². The predicted octanol–water partition coefficient (Wildman–Crippen LogP) is 1.88. The molecule has 2 heterocycles. The van der Waals surface area contributed by atoms with Crippen molar-refractivity contribution in [2.75, 3.05) is 13.2 Å². The van der Waals surface area contributed by atoms with E-state index in [1.807, 2.05) is 0 Å². The molecule has 1 unspecified atom stereocenters. The molecular formula is C13H19N3O3. The number of rotatable bonds is 5. The lowest BCUT2D eigenvalue weighted by atomic mass is 10.1. The Hall–Kier alpha value is -1.53. The van der Waals surface area contributed by atoms with E-state index < -0.39 is 0 Å². The quantitative estimate of drug-likeness (QED) is 0.649. The largest absolute Gasteiger partial charge is 0.377 e. The van der Waals surface area contributed by atoms with Gasteiger partial charge in [0.15, 0.2) is 0 Å². The van der Waals surface area contributed by atoms with Gasteiger partial charge in [0.2, 0.25) is 0 Å². The van der Waals surface area contributed by atoms with Gasteiger partial charge < -0.3 is 10.1 Å². The van der Waals surface area contributed by atoms with Gasteiger partial charge in [-0.25, -0.2) is 0 Å². The third kappa shape index (κ3) is 3.27. The van der Waals surface area contributed by atoms with Gasteiger partial charge in [0, 0.05) is 37.0 Å². The van der Waals surface area contributed by atoms with Crippen molar-refractivity contribution in [1.29, 1.82) is 0 Å². The molecule has 1 aromatic heterocycles. The van der Waals surface area contributed by atoms with Crippen LogP contribution in [0, 0.1) is 24.0 Å². The number of aromatic nitrogens is 1. The molecule has 1 atom stereocenters. The molecule has 1 aliphatic heterocycles. The second-order valence-corrected chi connectivity index (χ2v) is 4.88. The zero-order valence-corrected chi connectivity index (χ0v) is 11.3. The maximum absolute atomic E-state index is 11.0. The lowest BCUT2D eigenvalue weighted by Gasteiger charge is -2.12. The summed E-state index contributed by atoms with van der Waals surface area (Å²) in [6.07, 6.45) is 4.02. The van der Waals surface area contributed by atoms with E-state index in [0.29, 0.717) is 17.7 Å². The summed E-state index contributed by atoms with van der Waals surface area (Å²) in [5, 5.41) is 14.3. The number of nitro groups is 1. The predicted molar refractivity (Wildman–Crippen MR) is 71.0 cm³/mol. The summed E-state index contributed by atoms with van der Waals surface area (Å²) in [5.74, 6) is 0. The smallest absolute Gasteiger partial charge is 0.278 e. The van der Waals surface area contributed by atoms with E-state index in [4.69, 9.17) is 4.74 Å². The molecule has 0 saturated carbocycles. The number of ether oxygens (including phenoxy) is 1. The number of hydrogen-bond acceptors (Lipinski definition) is 5. The van der Waals surface area contributed by atoms with Gasteiger partial charge in [-0.3, -0.25) is 15.1 Å². The second-order valence-electron chi connectivity index (χ2n) is 4.88. The van der Waals surface area contributed by atoms with Gasteiger partial charge in [-0.05, 0) is 26.7 Å². The number of hydrogen-bond donors (Lipinski definition) is 1. The van der Waals surface area contributed by atoms with Crippen LogP contribution in [0.5, 0.6) is 0 Å². The Balaban J connectivity index is 2.00. The molecule has 6 heteroatoms. The molecule has 104 valence electrons. The molecule has 0 radical (unpaired) electrons. The van der Waals surface area contributed by atoms with Crippen LogP contribution < -0.4 is 5.32 Å². The minimum Gasteiger partial charge on any atom is -0.377 e. The summed E-state index contributed by atoms with van der Waals surface area (Å²) in [5.41, 5.74) is 2.15. The van der Waals surface area contributed by atoms with E-state index in [2.05, 4.69) is 10.3 Å². The second kappa shape index (κ2) is 6.08. The summed E-state index contributed by atoms with van der Waals surface area (Å²) in [6.45, 7) is 5.60. The maximum Gasteiger partial charge on any atom is 0.278 e. The summed E-state index contributed by atoms with van der Waals surface area (Å²) < 4.78 is 5.51. The van der Waals surface area contributed by atoms with E-state index in [9.17, 15) is 10.1 Å². The number of aryl methyl sites for hydroxylation is 1. The van der Waals surface area contributed by atoms with Crippen molar-refractivity contribution in [2.45, 2.75) is 39.3 Å². The van der Waals surface area contributed by atoms with Crippen molar-refractivity contribution in [3.63, 3.8) is 0 Å². The van der Waals surface area contributed by atoms with Crippen molar-refractivity contribution in [2.24, 2.45) is 0 Å². The van der Waals surface area contributed by atoms with Gasteiger partial charge in [0.1, 0.15) is 0 Å². The molecule has 0 aromatic carbocycles. The standard InChI is InChI=1S/C13H19N3O3/c1-9-6-15-12(10(2)13(9)16(17)18)8-14-7-11-4-3-5-19-11/h6,11,14H,3-5,7-8H2,1-2H3.